The van der Waals surface area contributed by atoms with E-state index in [1.54, 1.807) is 24.9 Å². The topological polar surface area (TPSA) is 81.8 Å². The van der Waals surface area contributed by atoms with Gasteiger partial charge in [0.15, 0.2) is 0 Å². The van der Waals surface area contributed by atoms with Crippen LogP contribution in [0.1, 0.15) is 24.5 Å². The first-order chi connectivity index (χ1) is 14.3. The van der Waals surface area contributed by atoms with E-state index in [0.717, 1.165) is 16.1 Å². The second kappa shape index (κ2) is 9.28. The fourth-order valence-electron chi connectivity index (χ4n) is 3.40. The van der Waals surface area contributed by atoms with E-state index in [9.17, 15) is 14.4 Å². The lowest BCUT2D eigenvalue weighted by Gasteiger charge is -2.22. The highest BCUT2D eigenvalue weighted by molar-refractivity contribution is 6.30. The van der Waals surface area contributed by atoms with Crippen molar-refractivity contribution < 1.29 is 14.4 Å². The fourth-order valence-corrected chi connectivity index (χ4v) is 3.62. The minimum Gasteiger partial charge on any atom is -0.322 e. The zero-order valence-electron chi connectivity index (χ0n) is 17.0. The molecule has 0 bridgehead atoms. The van der Waals surface area contributed by atoms with Crippen LogP contribution in [0.5, 0.6) is 0 Å². The van der Waals surface area contributed by atoms with E-state index >= 15 is 0 Å². The van der Waals surface area contributed by atoms with E-state index in [4.69, 9.17) is 11.6 Å². The Morgan fingerprint density at radius 3 is 2.53 bits per heavy atom. The summed E-state index contributed by atoms with van der Waals surface area (Å²) in [6.07, 6.45) is 1.07. The zero-order valence-corrected chi connectivity index (χ0v) is 17.8. The number of benzene rings is 2. The van der Waals surface area contributed by atoms with Crippen molar-refractivity contribution in [3.63, 3.8) is 0 Å². The second-order valence-electron chi connectivity index (χ2n) is 7.73. The van der Waals surface area contributed by atoms with Crippen molar-refractivity contribution in [2.75, 3.05) is 13.6 Å². The number of rotatable bonds is 8. The summed E-state index contributed by atoms with van der Waals surface area (Å²) in [4.78, 5) is 39.3. The first kappa shape index (κ1) is 21.8. The summed E-state index contributed by atoms with van der Waals surface area (Å²) in [6.45, 7) is 2.20. The molecule has 1 saturated heterocycles. The molecule has 0 aliphatic carbocycles. The Morgan fingerprint density at radius 1 is 1.13 bits per heavy atom. The molecule has 1 aliphatic rings. The van der Waals surface area contributed by atoms with E-state index in [0.29, 0.717) is 24.4 Å². The number of nitrogens with one attached hydrogen (secondary N) is 2. The zero-order chi connectivity index (χ0) is 21.7. The van der Waals surface area contributed by atoms with E-state index in [2.05, 4.69) is 10.7 Å². The van der Waals surface area contributed by atoms with E-state index in [1.165, 1.54) is 0 Å². The number of likely N-dealkylation sites (N-methyl/N-ethyl adjacent to an activating group) is 1. The number of hydrogen-bond acceptors (Lipinski definition) is 4. The molecule has 1 fully saturated rings. The number of imide groups is 1. The highest BCUT2D eigenvalue weighted by Crippen LogP contribution is 2.22. The fraction of sp³-hybridized carbons (Fsp3) is 0.318. The van der Waals surface area contributed by atoms with Crippen LogP contribution >= 0.6 is 11.6 Å². The maximum absolute atomic E-state index is 12.8. The van der Waals surface area contributed by atoms with Crippen molar-refractivity contribution in [2.24, 2.45) is 0 Å². The lowest BCUT2D eigenvalue weighted by atomic mass is 9.93. The molecule has 1 aliphatic heterocycles. The molecule has 0 spiro atoms. The number of carbonyl (C=O) groups is 3. The summed E-state index contributed by atoms with van der Waals surface area (Å²) in [5, 5.41) is 4.10. The van der Waals surface area contributed by atoms with Crippen molar-refractivity contribution >= 4 is 29.4 Å². The quantitative estimate of drug-likeness (QED) is 0.633. The van der Waals surface area contributed by atoms with Crippen LogP contribution in [0.15, 0.2) is 54.6 Å². The third-order valence-corrected chi connectivity index (χ3v) is 5.24. The molecule has 7 nitrogen and oxygen atoms in total. The van der Waals surface area contributed by atoms with Gasteiger partial charge in [-0.05, 0) is 50.1 Å². The van der Waals surface area contributed by atoms with Gasteiger partial charge in [-0.25, -0.2) is 4.79 Å². The Bertz CT molecular complexity index is 937. The Kier molecular flexibility index (Phi) is 6.74. The van der Waals surface area contributed by atoms with E-state index in [-0.39, 0.29) is 6.54 Å². The number of carbonyl (C=O) groups excluding carboxylic acids is 3. The molecule has 8 heteroatoms. The Hall–Kier alpha value is -2.90. The minimum absolute atomic E-state index is 0.0182. The van der Waals surface area contributed by atoms with Crippen molar-refractivity contribution in [1.29, 1.82) is 0 Å². The van der Waals surface area contributed by atoms with Crippen molar-refractivity contribution in [1.82, 2.24) is 20.7 Å². The molecule has 0 aromatic heterocycles. The summed E-state index contributed by atoms with van der Waals surface area (Å²) < 4.78 is 0. The van der Waals surface area contributed by atoms with E-state index in [1.807, 2.05) is 48.5 Å². The van der Waals surface area contributed by atoms with Gasteiger partial charge >= 0.3 is 6.03 Å². The van der Waals surface area contributed by atoms with Gasteiger partial charge in [-0.3, -0.25) is 19.9 Å². The largest absolute Gasteiger partial charge is 0.344 e. The van der Waals surface area contributed by atoms with Gasteiger partial charge in [0.2, 0.25) is 0 Å². The van der Waals surface area contributed by atoms with Gasteiger partial charge in [0, 0.05) is 11.6 Å². The third kappa shape index (κ3) is 5.37. The highest BCUT2D eigenvalue weighted by Gasteiger charge is 2.48. The number of halogens is 1. The van der Waals surface area contributed by atoms with Gasteiger partial charge in [0.05, 0.1) is 6.54 Å². The molecular formula is C22H25ClN4O3. The number of urea groups is 1. The molecule has 4 amide bonds. The normalized spacial score (nSPS) is 18.6. The summed E-state index contributed by atoms with van der Waals surface area (Å²) in [7, 11) is 1.77. The third-order valence-electron chi connectivity index (χ3n) is 5.01. The van der Waals surface area contributed by atoms with Gasteiger partial charge in [0.1, 0.15) is 5.54 Å². The van der Waals surface area contributed by atoms with E-state index < -0.39 is 23.4 Å². The number of hydrazine groups is 1. The van der Waals surface area contributed by atoms with Gasteiger partial charge in [0.25, 0.3) is 11.8 Å². The summed E-state index contributed by atoms with van der Waals surface area (Å²) in [6, 6.07) is 16.5. The van der Waals surface area contributed by atoms with Gasteiger partial charge < -0.3 is 5.32 Å². The first-order valence-corrected chi connectivity index (χ1v) is 10.1. The first-order valence-electron chi connectivity index (χ1n) is 9.70. The van der Waals surface area contributed by atoms with Crippen LogP contribution in [0.2, 0.25) is 5.02 Å². The predicted octanol–water partition coefficient (Wildman–Crippen LogP) is 2.75. The van der Waals surface area contributed by atoms with Crippen LogP contribution in [-0.2, 0) is 22.6 Å². The average molecular weight is 429 g/mol. The average Bonchev–Trinajstić information content (AvgIpc) is 2.90. The number of hydrogen-bond donors (Lipinski definition) is 2. The van der Waals surface area contributed by atoms with Crippen molar-refractivity contribution in [3.05, 3.63) is 70.7 Å². The van der Waals surface area contributed by atoms with Crippen LogP contribution in [0, 0.1) is 0 Å². The van der Waals surface area contributed by atoms with Crippen LogP contribution in [0.4, 0.5) is 4.79 Å². The molecule has 0 radical (unpaired) electrons. The highest BCUT2D eigenvalue weighted by atomic mass is 35.5. The van der Waals surface area contributed by atoms with Gasteiger partial charge in [-0.15, -0.1) is 0 Å². The molecule has 1 heterocycles. The lowest BCUT2D eigenvalue weighted by molar-refractivity contribution is -0.139. The molecule has 30 heavy (non-hydrogen) atoms. The monoisotopic (exact) mass is 428 g/mol. The smallest absolute Gasteiger partial charge is 0.322 e. The molecule has 2 aromatic carbocycles. The maximum Gasteiger partial charge on any atom is 0.344 e. The lowest BCUT2D eigenvalue weighted by Crippen LogP contribution is -2.51. The van der Waals surface area contributed by atoms with Crippen LogP contribution in [-0.4, -0.2) is 46.9 Å². The Balaban J connectivity index is 1.54. The van der Waals surface area contributed by atoms with Crippen molar-refractivity contribution in [3.8, 4) is 0 Å². The molecule has 158 valence electrons. The molecular weight excluding hydrogens is 404 g/mol. The number of nitrogens with zero attached hydrogens (tertiary/aromatic N) is 2. The molecule has 3 rings (SSSR count). The van der Waals surface area contributed by atoms with Gasteiger partial charge in [-0.2, -0.15) is 5.01 Å². The van der Waals surface area contributed by atoms with Crippen LogP contribution in [0.25, 0.3) is 0 Å². The van der Waals surface area contributed by atoms with Crippen molar-refractivity contribution in [2.45, 2.75) is 31.8 Å². The Morgan fingerprint density at radius 2 is 1.83 bits per heavy atom. The SMILES string of the molecule is CN(CC(=O)NN1C(=O)NC(C)(CCc2ccccc2)C1=O)Cc1cccc(Cl)c1. The molecule has 2 N–H and O–H groups in total. The minimum atomic E-state index is -1.06. The molecule has 1 atom stereocenters. The predicted molar refractivity (Wildman–Crippen MR) is 114 cm³/mol. The molecule has 2 aromatic rings. The van der Waals surface area contributed by atoms with Crippen LogP contribution in [0.3, 0.4) is 0 Å². The standard InChI is InChI=1S/C22H25ClN4O3/c1-22(12-11-16-7-4-3-5-8-16)20(29)27(21(30)24-22)25-19(28)15-26(2)14-17-9-6-10-18(23)13-17/h3-10,13H,11-12,14-15H2,1-2H3,(H,24,30)(H,25,28). The molecule has 0 saturated carbocycles. The maximum atomic E-state index is 12.8. The number of aryl methyl sites for hydroxylation is 1. The van der Waals surface area contributed by atoms with Crippen LogP contribution < -0.4 is 10.7 Å². The number of amides is 4. The Labute approximate surface area is 181 Å². The van der Waals surface area contributed by atoms with Gasteiger partial charge in [-0.1, -0.05) is 54.1 Å². The summed E-state index contributed by atoms with van der Waals surface area (Å²) in [5.74, 6) is -0.912. The summed E-state index contributed by atoms with van der Waals surface area (Å²) in [5.41, 5.74) is 3.40. The molecule has 1 unspecified atom stereocenters. The second-order valence-corrected chi connectivity index (χ2v) is 8.16. The summed E-state index contributed by atoms with van der Waals surface area (Å²) >= 11 is 5.98.